The molecule has 0 saturated heterocycles. The monoisotopic (exact) mass is 412 g/mol. The quantitative estimate of drug-likeness (QED) is 0.445. The summed E-state index contributed by atoms with van der Waals surface area (Å²) < 4.78 is 26.5. The van der Waals surface area contributed by atoms with Gasteiger partial charge in [-0.2, -0.15) is 0 Å². The Bertz CT molecular complexity index is 662. The van der Waals surface area contributed by atoms with E-state index in [9.17, 15) is 18.4 Å². The molecule has 0 aliphatic rings. The number of benzene rings is 1. The van der Waals surface area contributed by atoms with Crippen molar-refractivity contribution in [2.24, 2.45) is 17.6 Å². The minimum atomic E-state index is -0.650. The number of nitrogens with two attached hydrogens (primary N) is 1. The minimum Gasteiger partial charge on any atom is -0.354 e. The Kier molecular flexibility index (Phi) is 10.2. The summed E-state index contributed by atoms with van der Waals surface area (Å²) in [5.41, 5.74) is 6.47. The van der Waals surface area contributed by atoms with Crippen LogP contribution in [0.1, 0.15) is 40.2 Å². The van der Waals surface area contributed by atoms with Gasteiger partial charge in [-0.1, -0.05) is 27.7 Å². The molecular weight excluding hydrogens is 378 g/mol. The van der Waals surface area contributed by atoms with E-state index >= 15 is 0 Å². The Morgan fingerprint density at radius 2 is 1.55 bits per heavy atom. The number of carbonyl (C=O) groups excluding carboxylic acids is 2. The fourth-order valence-electron chi connectivity index (χ4n) is 2.75. The van der Waals surface area contributed by atoms with Crippen LogP contribution in [-0.4, -0.2) is 43.0 Å². The van der Waals surface area contributed by atoms with E-state index in [2.05, 4.69) is 16.0 Å². The molecule has 0 fully saturated rings. The first-order valence-electron chi connectivity index (χ1n) is 10.0. The van der Waals surface area contributed by atoms with Gasteiger partial charge in [0.15, 0.2) is 0 Å². The number of amides is 2. The van der Waals surface area contributed by atoms with E-state index in [1.807, 2.05) is 27.7 Å². The second-order valence-electron chi connectivity index (χ2n) is 8.24. The number of carbonyl (C=O) groups is 2. The molecule has 8 heteroatoms. The molecule has 0 bridgehead atoms. The molecule has 164 valence electrons. The van der Waals surface area contributed by atoms with Crippen LogP contribution in [0.3, 0.4) is 0 Å². The van der Waals surface area contributed by atoms with Crippen LogP contribution in [0.4, 0.5) is 8.78 Å². The second-order valence-corrected chi connectivity index (χ2v) is 8.24. The molecule has 6 nitrogen and oxygen atoms in total. The summed E-state index contributed by atoms with van der Waals surface area (Å²) >= 11 is 0. The number of halogens is 2. The van der Waals surface area contributed by atoms with Crippen LogP contribution < -0.4 is 21.7 Å². The summed E-state index contributed by atoms with van der Waals surface area (Å²) in [6.07, 6.45) is 0.266. The van der Waals surface area contributed by atoms with Gasteiger partial charge in [-0.15, -0.1) is 0 Å². The Morgan fingerprint density at radius 3 is 2.07 bits per heavy atom. The van der Waals surface area contributed by atoms with Crippen LogP contribution in [-0.2, 0) is 16.0 Å². The lowest BCUT2D eigenvalue weighted by atomic mass is 10.0. The molecule has 0 spiro atoms. The fraction of sp³-hybridized carbons (Fsp3) is 0.619. The van der Waals surface area contributed by atoms with E-state index in [-0.39, 0.29) is 30.7 Å². The highest BCUT2D eigenvalue weighted by Gasteiger charge is 2.26. The van der Waals surface area contributed by atoms with E-state index in [1.165, 1.54) is 12.1 Å². The Balaban J connectivity index is 2.53. The van der Waals surface area contributed by atoms with Crippen molar-refractivity contribution < 1.29 is 18.4 Å². The third-order valence-electron chi connectivity index (χ3n) is 4.43. The largest absolute Gasteiger partial charge is 0.354 e. The van der Waals surface area contributed by atoms with Crippen LogP contribution in [0.5, 0.6) is 0 Å². The molecule has 0 radical (unpaired) electrons. The first kappa shape index (κ1) is 25.0. The highest BCUT2D eigenvalue weighted by atomic mass is 19.1. The summed E-state index contributed by atoms with van der Waals surface area (Å²) in [5.74, 6) is -1.57. The topological polar surface area (TPSA) is 96.2 Å². The summed E-state index contributed by atoms with van der Waals surface area (Å²) in [7, 11) is 0. The van der Waals surface area contributed by atoms with Crippen LogP contribution >= 0.6 is 0 Å². The standard InChI is InChI=1S/C21H34F2N4O2/c1-12(2)10-26-21(29)19(13(3)4)27-20(28)14(5)25-11-18(24)8-15-6-16(22)9-17(23)7-15/h6-7,9,12-14,18-19,25H,8,10-11,24H2,1-5H3,(H,26,29)(H,27,28)/t14-,18-,19-/m0/s1. The zero-order valence-electron chi connectivity index (χ0n) is 17.9. The number of nitrogens with one attached hydrogen (secondary N) is 3. The third kappa shape index (κ3) is 9.32. The molecule has 1 aromatic carbocycles. The van der Waals surface area contributed by atoms with Crippen molar-refractivity contribution >= 4 is 11.8 Å². The van der Waals surface area contributed by atoms with Crippen molar-refractivity contribution in [1.82, 2.24) is 16.0 Å². The van der Waals surface area contributed by atoms with Crippen molar-refractivity contribution in [3.63, 3.8) is 0 Å². The molecule has 0 saturated carbocycles. The van der Waals surface area contributed by atoms with E-state index < -0.39 is 29.8 Å². The summed E-state index contributed by atoms with van der Waals surface area (Å²) in [6.45, 7) is 10.2. The van der Waals surface area contributed by atoms with Gasteiger partial charge in [-0.3, -0.25) is 9.59 Å². The number of hydrogen-bond donors (Lipinski definition) is 4. The van der Waals surface area contributed by atoms with Crippen molar-refractivity contribution in [1.29, 1.82) is 0 Å². The van der Waals surface area contributed by atoms with Crippen LogP contribution in [0.15, 0.2) is 18.2 Å². The Labute approximate surface area is 172 Å². The molecular formula is C21H34F2N4O2. The Hall–Kier alpha value is -2.06. The van der Waals surface area contributed by atoms with E-state index in [0.29, 0.717) is 18.0 Å². The van der Waals surface area contributed by atoms with Crippen LogP contribution in [0.25, 0.3) is 0 Å². The van der Waals surface area contributed by atoms with E-state index in [1.54, 1.807) is 6.92 Å². The SMILES string of the molecule is CC(C)CNC(=O)[C@@H](NC(=O)[C@H](C)NC[C@@H](N)Cc1cc(F)cc(F)c1)C(C)C. The average molecular weight is 413 g/mol. The highest BCUT2D eigenvalue weighted by Crippen LogP contribution is 2.09. The predicted molar refractivity (Wildman–Crippen MR) is 110 cm³/mol. The maximum absolute atomic E-state index is 13.3. The van der Waals surface area contributed by atoms with Gasteiger partial charge in [0.05, 0.1) is 6.04 Å². The van der Waals surface area contributed by atoms with Gasteiger partial charge in [0.1, 0.15) is 17.7 Å². The van der Waals surface area contributed by atoms with Crippen LogP contribution in [0, 0.1) is 23.5 Å². The summed E-state index contributed by atoms with van der Waals surface area (Å²) in [5, 5.41) is 8.62. The van der Waals surface area contributed by atoms with Gasteiger partial charge >= 0.3 is 0 Å². The minimum absolute atomic E-state index is 0.0663. The molecule has 5 N–H and O–H groups in total. The molecule has 2 amide bonds. The highest BCUT2D eigenvalue weighted by molar-refractivity contribution is 5.89. The summed E-state index contributed by atoms with van der Waals surface area (Å²) in [6, 6.07) is 1.65. The first-order chi connectivity index (χ1) is 13.5. The van der Waals surface area contributed by atoms with Gasteiger partial charge in [0.2, 0.25) is 11.8 Å². The molecule has 0 aliphatic carbocycles. The number of hydrogen-bond acceptors (Lipinski definition) is 4. The average Bonchev–Trinajstić information content (AvgIpc) is 2.60. The molecule has 0 unspecified atom stereocenters. The van der Waals surface area contributed by atoms with Crippen molar-refractivity contribution in [3.05, 3.63) is 35.4 Å². The zero-order valence-corrected chi connectivity index (χ0v) is 17.9. The smallest absolute Gasteiger partial charge is 0.242 e. The lowest BCUT2D eigenvalue weighted by molar-refractivity contribution is -0.130. The molecule has 0 aliphatic heterocycles. The van der Waals surface area contributed by atoms with Gasteiger partial charge in [0.25, 0.3) is 0 Å². The fourth-order valence-corrected chi connectivity index (χ4v) is 2.75. The van der Waals surface area contributed by atoms with Crippen molar-refractivity contribution in [3.8, 4) is 0 Å². The first-order valence-corrected chi connectivity index (χ1v) is 10.0. The molecule has 1 rings (SSSR count). The van der Waals surface area contributed by atoms with Gasteiger partial charge in [-0.25, -0.2) is 8.78 Å². The van der Waals surface area contributed by atoms with E-state index in [4.69, 9.17) is 5.73 Å². The lowest BCUT2D eigenvalue weighted by Crippen LogP contribution is -2.55. The normalized spacial score (nSPS) is 14.6. The molecule has 0 aromatic heterocycles. The van der Waals surface area contributed by atoms with E-state index in [0.717, 1.165) is 6.07 Å². The maximum atomic E-state index is 13.3. The maximum Gasteiger partial charge on any atom is 0.242 e. The molecule has 1 aromatic rings. The summed E-state index contributed by atoms with van der Waals surface area (Å²) in [4.78, 5) is 24.8. The third-order valence-corrected chi connectivity index (χ3v) is 4.43. The predicted octanol–water partition coefficient (Wildman–Crippen LogP) is 1.73. The van der Waals surface area contributed by atoms with Gasteiger partial charge < -0.3 is 21.7 Å². The second kappa shape index (κ2) is 11.8. The molecule has 29 heavy (non-hydrogen) atoms. The Morgan fingerprint density at radius 1 is 0.966 bits per heavy atom. The molecule has 0 heterocycles. The van der Waals surface area contributed by atoms with Crippen molar-refractivity contribution in [2.45, 2.75) is 59.2 Å². The zero-order chi connectivity index (χ0) is 22.1. The van der Waals surface area contributed by atoms with Crippen LogP contribution in [0.2, 0.25) is 0 Å². The molecule has 3 atom stereocenters. The van der Waals surface area contributed by atoms with Gasteiger partial charge in [0, 0.05) is 25.2 Å². The number of rotatable bonds is 11. The lowest BCUT2D eigenvalue weighted by Gasteiger charge is -2.25. The van der Waals surface area contributed by atoms with Gasteiger partial charge in [-0.05, 0) is 42.9 Å². The van der Waals surface area contributed by atoms with Crippen molar-refractivity contribution in [2.75, 3.05) is 13.1 Å².